The van der Waals surface area contributed by atoms with Crippen molar-refractivity contribution in [2.24, 2.45) is 0 Å². The van der Waals surface area contributed by atoms with Crippen molar-refractivity contribution in [3.63, 3.8) is 0 Å². The van der Waals surface area contributed by atoms with Crippen LogP contribution in [0.4, 0.5) is 0 Å². The zero-order valence-corrected chi connectivity index (χ0v) is 8.93. The highest BCUT2D eigenvalue weighted by atomic mass is 16.3. The molecule has 0 spiro atoms. The van der Waals surface area contributed by atoms with Gasteiger partial charge in [0.25, 0.3) is 0 Å². The normalized spacial score (nSPS) is 10.4. The van der Waals surface area contributed by atoms with Crippen LogP contribution in [0.15, 0.2) is 48.5 Å². The predicted octanol–water partition coefficient (Wildman–Crippen LogP) is 2.34. The number of aliphatic hydroxyl groups excluding tert-OH is 2. The van der Waals surface area contributed by atoms with Gasteiger partial charge in [-0.3, -0.25) is 0 Å². The Morgan fingerprint density at radius 3 is 1.50 bits per heavy atom. The molecule has 0 bridgehead atoms. The minimum absolute atomic E-state index is 0.0491. The second-order valence-corrected chi connectivity index (χ2v) is 3.72. The molecule has 0 unspecified atom stereocenters. The summed E-state index contributed by atoms with van der Waals surface area (Å²) in [6, 6.07) is 15.5. The van der Waals surface area contributed by atoms with Crippen molar-refractivity contribution in [3.05, 3.63) is 59.7 Å². The fraction of sp³-hybridized carbons (Fsp3) is 0.143. The van der Waals surface area contributed by atoms with Gasteiger partial charge >= 0.3 is 0 Å². The van der Waals surface area contributed by atoms with E-state index in [1.807, 2.05) is 48.5 Å². The van der Waals surface area contributed by atoms with Crippen LogP contribution in [0.2, 0.25) is 0 Å². The molecule has 0 amide bonds. The summed E-state index contributed by atoms with van der Waals surface area (Å²) < 4.78 is 0. The third kappa shape index (κ3) is 2.30. The summed E-state index contributed by atoms with van der Waals surface area (Å²) in [7, 11) is 0. The number of benzene rings is 2. The maximum absolute atomic E-state index is 9.07. The van der Waals surface area contributed by atoms with Crippen LogP contribution in [0.1, 0.15) is 11.1 Å². The second-order valence-electron chi connectivity index (χ2n) is 3.72. The SMILES string of the molecule is OCc1cccc(-c2cccc(CO)c2)c1. The van der Waals surface area contributed by atoms with Crippen molar-refractivity contribution in [3.8, 4) is 11.1 Å². The fourth-order valence-electron chi connectivity index (χ4n) is 1.70. The van der Waals surface area contributed by atoms with E-state index in [9.17, 15) is 0 Å². The Kier molecular flexibility index (Phi) is 3.34. The summed E-state index contributed by atoms with van der Waals surface area (Å²) >= 11 is 0. The summed E-state index contributed by atoms with van der Waals surface area (Å²) in [6.07, 6.45) is 0. The quantitative estimate of drug-likeness (QED) is 0.823. The van der Waals surface area contributed by atoms with Gasteiger partial charge in [0.05, 0.1) is 13.2 Å². The average Bonchev–Trinajstić information content (AvgIpc) is 2.39. The fourth-order valence-corrected chi connectivity index (χ4v) is 1.70. The number of aliphatic hydroxyl groups is 2. The van der Waals surface area contributed by atoms with Crippen LogP contribution in [0.25, 0.3) is 11.1 Å². The number of hydrogen-bond acceptors (Lipinski definition) is 2. The van der Waals surface area contributed by atoms with Gasteiger partial charge in [-0.25, -0.2) is 0 Å². The van der Waals surface area contributed by atoms with Gasteiger partial charge in [0, 0.05) is 0 Å². The van der Waals surface area contributed by atoms with Crippen molar-refractivity contribution in [1.82, 2.24) is 0 Å². The van der Waals surface area contributed by atoms with Crippen molar-refractivity contribution in [1.29, 1.82) is 0 Å². The molecule has 2 rings (SSSR count). The minimum atomic E-state index is 0.0491. The second kappa shape index (κ2) is 4.92. The van der Waals surface area contributed by atoms with Crippen LogP contribution in [0.5, 0.6) is 0 Å². The Labute approximate surface area is 94.8 Å². The van der Waals surface area contributed by atoms with Gasteiger partial charge in [-0.1, -0.05) is 36.4 Å². The summed E-state index contributed by atoms with van der Waals surface area (Å²) in [5.74, 6) is 0. The molecule has 0 radical (unpaired) electrons. The number of hydrogen-bond donors (Lipinski definition) is 2. The van der Waals surface area contributed by atoms with E-state index >= 15 is 0 Å². The predicted molar refractivity (Wildman–Crippen MR) is 63.7 cm³/mol. The molecule has 16 heavy (non-hydrogen) atoms. The van der Waals surface area contributed by atoms with Crippen molar-refractivity contribution in [2.75, 3.05) is 0 Å². The lowest BCUT2D eigenvalue weighted by molar-refractivity contribution is 0.281. The van der Waals surface area contributed by atoms with Crippen molar-refractivity contribution >= 4 is 0 Å². The van der Waals surface area contributed by atoms with E-state index in [1.54, 1.807) is 0 Å². The maximum atomic E-state index is 9.07. The number of rotatable bonds is 3. The van der Waals surface area contributed by atoms with Gasteiger partial charge < -0.3 is 10.2 Å². The zero-order chi connectivity index (χ0) is 11.4. The van der Waals surface area contributed by atoms with E-state index in [0.29, 0.717) is 0 Å². The Balaban J connectivity index is 2.41. The highest BCUT2D eigenvalue weighted by molar-refractivity contribution is 5.64. The van der Waals surface area contributed by atoms with E-state index in [0.717, 1.165) is 22.3 Å². The molecule has 2 aromatic carbocycles. The van der Waals surface area contributed by atoms with Crippen LogP contribution >= 0.6 is 0 Å². The van der Waals surface area contributed by atoms with Gasteiger partial charge in [0.15, 0.2) is 0 Å². The topological polar surface area (TPSA) is 40.5 Å². The molecule has 2 heteroatoms. The first kappa shape index (κ1) is 10.9. The summed E-state index contributed by atoms with van der Waals surface area (Å²) in [5, 5.41) is 18.1. The molecular formula is C14H14O2. The van der Waals surface area contributed by atoms with Crippen LogP contribution in [-0.2, 0) is 13.2 Å². The first-order chi connectivity index (χ1) is 7.83. The molecule has 2 nitrogen and oxygen atoms in total. The Morgan fingerprint density at radius 2 is 1.12 bits per heavy atom. The summed E-state index contributed by atoms with van der Waals surface area (Å²) in [5.41, 5.74) is 3.91. The monoisotopic (exact) mass is 214 g/mol. The molecule has 0 aliphatic rings. The molecule has 0 saturated heterocycles. The zero-order valence-electron chi connectivity index (χ0n) is 8.93. The molecule has 0 atom stereocenters. The molecular weight excluding hydrogens is 200 g/mol. The first-order valence-corrected chi connectivity index (χ1v) is 5.23. The van der Waals surface area contributed by atoms with E-state index < -0.39 is 0 Å². The molecule has 0 aliphatic carbocycles. The lowest BCUT2D eigenvalue weighted by Gasteiger charge is -2.05. The molecule has 0 fully saturated rings. The molecule has 0 saturated carbocycles. The minimum Gasteiger partial charge on any atom is -0.392 e. The first-order valence-electron chi connectivity index (χ1n) is 5.23. The van der Waals surface area contributed by atoms with Gasteiger partial charge in [-0.05, 0) is 34.4 Å². The third-order valence-corrected chi connectivity index (χ3v) is 2.55. The van der Waals surface area contributed by atoms with Crippen LogP contribution in [0, 0.1) is 0 Å². The Hall–Kier alpha value is -1.64. The smallest absolute Gasteiger partial charge is 0.0682 e. The third-order valence-electron chi connectivity index (χ3n) is 2.55. The standard InChI is InChI=1S/C14H14O2/c15-9-11-3-1-5-13(7-11)14-6-2-4-12(8-14)10-16/h1-8,15-16H,9-10H2. The highest BCUT2D eigenvalue weighted by Gasteiger charge is 1.99. The van der Waals surface area contributed by atoms with Crippen LogP contribution in [-0.4, -0.2) is 10.2 Å². The van der Waals surface area contributed by atoms with E-state index in [2.05, 4.69) is 0 Å². The highest BCUT2D eigenvalue weighted by Crippen LogP contribution is 2.21. The van der Waals surface area contributed by atoms with Gasteiger partial charge in [0.2, 0.25) is 0 Å². The van der Waals surface area contributed by atoms with E-state index in [1.165, 1.54) is 0 Å². The Morgan fingerprint density at radius 1 is 0.688 bits per heavy atom. The summed E-state index contributed by atoms with van der Waals surface area (Å²) in [4.78, 5) is 0. The van der Waals surface area contributed by atoms with Gasteiger partial charge in [-0.2, -0.15) is 0 Å². The molecule has 0 aromatic heterocycles. The molecule has 82 valence electrons. The van der Waals surface area contributed by atoms with E-state index in [-0.39, 0.29) is 13.2 Å². The molecule has 0 heterocycles. The lowest BCUT2D eigenvalue weighted by atomic mass is 10.0. The lowest BCUT2D eigenvalue weighted by Crippen LogP contribution is -1.87. The van der Waals surface area contributed by atoms with Gasteiger partial charge in [0.1, 0.15) is 0 Å². The molecule has 0 aliphatic heterocycles. The largest absolute Gasteiger partial charge is 0.392 e. The van der Waals surface area contributed by atoms with Crippen molar-refractivity contribution in [2.45, 2.75) is 13.2 Å². The molecule has 2 N–H and O–H groups in total. The van der Waals surface area contributed by atoms with Crippen molar-refractivity contribution < 1.29 is 10.2 Å². The Bertz CT molecular complexity index is 432. The average molecular weight is 214 g/mol. The van der Waals surface area contributed by atoms with Crippen LogP contribution in [0.3, 0.4) is 0 Å². The summed E-state index contributed by atoms with van der Waals surface area (Å²) in [6.45, 7) is 0.0983. The van der Waals surface area contributed by atoms with Gasteiger partial charge in [-0.15, -0.1) is 0 Å². The van der Waals surface area contributed by atoms with E-state index in [4.69, 9.17) is 10.2 Å². The maximum Gasteiger partial charge on any atom is 0.0682 e. The molecule has 2 aromatic rings. The van der Waals surface area contributed by atoms with Crippen LogP contribution < -0.4 is 0 Å².